The third kappa shape index (κ3) is 3.19. The van der Waals surface area contributed by atoms with Crippen molar-refractivity contribution in [1.82, 2.24) is 0 Å². The van der Waals surface area contributed by atoms with E-state index in [-0.39, 0.29) is 5.56 Å². The van der Waals surface area contributed by atoms with Crippen molar-refractivity contribution in [3.8, 4) is 0 Å². The highest BCUT2D eigenvalue weighted by Gasteiger charge is 2.31. The molecule has 1 unspecified atom stereocenters. The van der Waals surface area contributed by atoms with Crippen LogP contribution in [0.2, 0.25) is 0 Å². The monoisotopic (exact) mass is 350 g/mol. The summed E-state index contributed by atoms with van der Waals surface area (Å²) in [5.41, 5.74) is -0.522. The summed E-state index contributed by atoms with van der Waals surface area (Å²) in [6.07, 6.45) is -5.46. The SMILES string of the molecule is Cc1cc(Br)c(C(O)c2cccc(C(F)(F)F)c2)s1. The minimum atomic E-state index is -4.40. The summed E-state index contributed by atoms with van der Waals surface area (Å²) in [5.74, 6) is 0. The maximum Gasteiger partial charge on any atom is 0.416 e. The van der Waals surface area contributed by atoms with Crippen molar-refractivity contribution in [3.05, 3.63) is 55.7 Å². The van der Waals surface area contributed by atoms with Gasteiger partial charge in [-0.15, -0.1) is 11.3 Å². The van der Waals surface area contributed by atoms with Gasteiger partial charge < -0.3 is 5.11 Å². The lowest BCUT2D eigenvalue weighted by atomic mass is 10.0. The Labute approximate surface area is 120 Å². The second-order valence-corrected chi connectivity index (χ2v) is 6.24. The molecule has 0 amide bonds. The minimum Gasteiger partial charge on any atom is -0.383 e. The van der Waals surface area contributed by atoms with Gasteiger partial charge in [-0.1, -0.05) is 12.1 Å². The molecule has 0 bridgehead atoms. The highest BCUT2D eigenvalue weighted by molar-refractivity contribution is 9.10. The van der Waals surface area contributed by atoms with Crippen LogP contribution in [0, 0.1) is 6.92 Å². The molecule has 1 atom stereocenters. The summed E-state index contributed by atoms with van der Waals surface area (Å²) >= 11 is 4.65. The van der Waals surface area contributed by atoms with Gasteiger partial charge in [-0.2, -0.15) is 13.2 Å². The van der Waals surface area contributed by atoms with Gasteiger partial charge in [0, 0.05) is 9.35 Å². The zero-order valence-electron chi connectivity index (χ0n) is 9.83. The minimum absolute atomic E-state index is 0.234. The van der Waals surface area contributed by atoms with E-state index in [2.05, 4.69) is 15.9 Å². The second kappa shape index (κ2) is 5.26. The van der Waals surface area contributed by atoms with Gasteiger partial charge >= 0.3 is 6.18 Å². The Balaban J connectivity index is 2.39. The van der Waals surface area contributed by atoms with Crippen LogP contribution < -0.4 is 0 Å². The highest BCUT2D eigenvalue weighted by atomic mass is 79.9. The Morgan fingerprint density at radius 3 is 2.47 bits per heavy atom. The van der Waals surface area contributed by atoms with Crippen molar-refractivity contribution in [2.45, 2.75) is 19.2 Å². The lowest BCUT2D eigenvalue weighted by Gasteiger charge is -2.13. The van der Waals surface area contributed by atoms with Crippen LogP contribution in [0.1, 0.15) is 27.0 Å². The van der Waals surface area contributed by atoms with E-state index in [4.69, 9.17) is 0 Å². The first-order valence-corrected chi connectivity index (χ1v) is 7.01. The fourth-order valence-electron chi connectivity index (χ4n) is 1.72. The number of rotatable bonds is 2. The van der Waals surface area contributed by atoms with E-state index in [0.717, 1.165) is 17.0 Å². The molecule has 1 aromatic heterocycles. The van der Waals surface area contributed by atoms with Crippen molar-refractivity contribution < 1.29 is 18.3 Å². The van der Waals surface area contributed by atoms with Gasteiger partial charge in [0.25, 0.3) is 0 Å². The third-order valence-corrected chi connectivity index (χ3v) is 4.64. The molecule has 0 aliphatic heterocycles. The normalized spacial score (nSPS) is 13.6. The van der Waals surface area contributed by atoms with E-state index < -0.39 is 17.8 Å². The van der Waals surface area contributed by atoms with Crippen LogP contribution in [0.15, 0.2) is 34.8 Å². The van der Waals surface area contributed by atoms with E-state index in [9.17, 15) is 18.3 Å². The molecule has 0 radical (unpaired) electrons. The van der Waals surface area contributed by atoms with Gasteiger partial charge in [0.15, 0.2) is 0 Å². The number of benzene rings is 1. The van der Waals surface area contributed by atoms with Crippen LogP contribution in [-0.2, 0) is 6.18 Å². The standard InChI is InChI=1S/C13H10BrF3OS/c1-7-5-10(14)12(19-7)11(18)8-3-2-4-9(6-8)13(15,16)17/h2-6,11,18H,1H3. The van der Waals surface area contributed by atoms with Crippen LogP contribution in [-0.4, -0.2) is 5.11 Å². The number of alkyl halides is 3. The summed E-state index contributed by atoms with van der Waals surface area (Å²) < 4.78 is 38.6. The predicted molar refractivity (Wildman–Crippen MR) is 72.3 cm³/mol. The molecule has 2 aromatic rings. The van der Waals surface area contributed by atoms with E-state index in [1.165, 1.54) is 23.5 Å². The maximum atomic E-state index is 12.6. The van der Waals surface area contributed by atoms with Crippen molar-refractivity contribution in [2.75, 3.05) is 0 Å². The Kier molecular flexibility index (Phi) is 4.03. The molecule has 1 nitrogen and oxygen atoms in total. The first-order chi connectivity index (χ1) is 8.79. The number of halogens is 4. The molecule has 1 heterocycles. The first kappa shape index (κ1) is 14.6. The lowest BCUT2D eigenvalue weighted by molar-refractivity contribution is -0.137. The summed E-state index contributed by atoms with van der Waals surface area (Å²) in [4.78, 5) is 1.59. The molecule has 1 aromatic carbocycles. The molecule has 1 N–H and O–H groups in total. The Hall–Kier alpha value is -0.850. The summed E-state index contributed by atoms with van der Waals surface area (Å²) in [6, 6.07) is 6.59. The molecular weight excluding hydrogens is 341 g/mol. The van der Waals surface area contributed by atoms with Gasteiger partial charge in [0.2, 0.25) is 0 Å². The fourth-order valence-corrected chi connectivity index (χ4v) is 3.61. The van der Waals surface area contributed by atoms with E-state index in [1.807, 2.05) is 13.0 Å². The topological polar surface area (TPSA) is 20.2 Å². The van der Waals surface area contributed by atoms with Crippen LogP contribution in [0.5, 0.6) is 0 Å². The number of thiophene rings is 1. The Bertz CT molecular complexity index is 592. The highest BCUT2D eigenvalue weighted by Crippen LogP contribution is 2.37. The largest absolute Gasteiger partial charge is 0.416 e. The van der Waals surface area contributed by atoms with Crippen LogP contribution in [0.4, 0.5) is 13.2 Å². The number of aryl methyl sites for hydroxylation is 1. The van der Waals surface area contributed by atoms with Gasteiger partial charge in [-0.25, -0.2) is 0 Å². The van der Waals surface area contributed by atoms with E-state index in [0.29, 0.717) is 9.35 Å². The quantitative estimate of drug-likeness (QED) is 0.814. The van der Waals surface area contributed by atoms with Gasteiger partial charge in [0.05, 0.1) is 10.4 Å². The molecule has 6 heteroatoms. The summed E-state index contributed by atoms with van der Waals surface area (Å²) in [7, 11) is 0. The lowest BCUT2D eigenvalue weighted by Crippen LogP contribution is -2.07. The molecule has 0 saturated heterocycles. The Morgan fingerprint density at radius 2 is 1.95 bits per heavy atom. The molecule has 19 heavy (non-hydrogen) atoms. The molecule has 0 aliphatic carbocycles. The van der Waals surface area contributed by atoms with Gasteiger partial charge in [0.1, 0.15) is 6.10 Å². The molecule has 0 fully saturated rings. The van der Waals surface area contributed by atoms with E-state index in [1.54, 1.807) is 0 Å². The van der Waals surface area contributed by atoms with Crippen molar-refractivity contribution in [3.63, 3.8) is 0 Å². The van der Waals surface area contributed by atoms with Crippen LogP contribution in [0.3, 0.4) is 0 Å². The average molecular weight is 351 g/mol. The van der Waals surface area contributed by atoms with Crippen LogP contribution in [0.25, 0.3) is 0 Å². The van der Waals surface area contributed by atoms with Crippen LogP contribution >= 0.6 is 27.3 Å². The molecule has 0 aliphatic rings. The van der Waals surface area contributed by atoms with Crippen molar-refractivity contribution in [1.29, 1.82) is 0 Å². The number of hydrogen-bond acceptors (Lipinski definition) is 2. The smallest absolute Gasteiger partial charge is 0.383 e. The van der Waals surface area contributed by atoms with Crippen molar-refractivity contribution >= 4 is 27.3 Å². The van der Waals surface area contributed by atoms with Crippen molar-refractivity contribution in [2.24, 2.45) is 0 Å². The van der Waals surface area contributed by atoms with Gasteiger partial charge in [-0.3, -0.25) is 0 Å². The predicted octanol–water partition coefficient (Wildman–Crippen LogP) is 4.92. The fraction of sp³-hybridized carbons (Fsp3) is 0.231. The summed E-state index contributed by atoms with van der Waals surface area (Å²) in [6.45, 7) is 1.87. The number of aliphatic hydroxyl groups is 1. The summed E-state index contributed by atoms with van der Waals surface area (Å²) in [5, 5.41) is 10.2. The van der Waals surface area contributed by atoms with E-state index >= 15 is 0 Å². The maximum absolute atomic E-state index is 12.6. The first-order valence-electron chi connectivity index (χ1n) is 5.40. The molecule has 102 valence electrons. The molecular formula is C13H10BrF3OS. The zero-order chi connectivity index (χ0) is 14.2. The second-order valence-electron chi connectivity index (χ2n) is 4.09. The third-order valence-electron chi connectivity index (χ3n) is 2.61. The average Bonchev–Trinajstić information content (AvgIpc) is 2.66. The molecule has 2 rings (SSSR count). The molecule has 0 saturated carbocycles. The number of hydrogen-bond donors (Lipinski definition) is 1. The molecule has 0 spiro atoms. The number of aliphatic hydroxyl groups excluding tert-OH is 1. The van der Waals surface area contributed by atoms with Gasteiger partial charge in [-0.05, 0) is 46.6 Å². The Morgan fingerprint density at radius 1 is 1.26 bits per heavy atom. The zero-order valence-corrected chi connectivity index (χ0v) is 12.2.